The van der Waals surface area contributed by atoms with Gasteiger partial charge in [0.05, 0.1) is 12.1 Å². The molecule has 0 unspecified atom stereocenters. The lowest BCUT2D eigenvalue weighted by molar-refractivity contribution is 0.179. The quantitative estimate of drug-likeness (QED) is 0.654. The van der Waals surface area contributed by atoms with E-state index in [-0.39, 0.29) is 18.0 Å². The van der Waals surface area contributed by atoms with Gasteiger partial charge in [-0.3, -0.25) is 0 Å². The molecular formula is C21H22N6O2. The molecule has 0 bridgehead atoms. The summed E-state index contributed by atoms with van der Waals surface area (Å²) in [7, 11) is 0. The number of anilines is 4. The van der Waals surface area contributed by atoms with Crippen molar-refractivity contribution in [1.82, 2.24) is 15.0 Å². The van der Waals surface area contributed by atoms with E-state index < -0.39 is 6.09 Å². The predicted molar refractivity (Wildman–Crippen MR) is 111 cm³/mol. The molecule has 2 aromatic carbocycles. The molecule has 1 aromatic heterocycles. The molecule has 2 heterocycles. The highest BCUT2D eigenvalue weighted by Crippen LogP contribution is 2.23. The Kier molecular flexibility index (Phi) is 5.24. The van der Waals surface area contributed by atoms with Gasteiger partial charge in [0, 0.05) is 11.4 Å². The molecule has 2 N–H and O–H groups in total. The van der Waals surface area contributed by atoms with Crippen molar-refractivity contribution >= 4 is 29.4 Å². The lowest BCUT2D eigenvalue weighted by Crippen LogP contribution is -2.32. The molecule has 0 radical (unpaired) electrons. The van der Waals surface area contributed by atoms with Crippen LogP contribution in [-0.4, -0.2) is 33.7 Å². The van der Waals surface area contributed by atoms with Crippen LogP contribution in [0.4, 0.5) is 28.1 Å². The third kappa shape index (κ3) is 4.26. The fourth-order valence-corrected chi connectivity index (χ4v) is 3.09. The topological polar surface area (TPSA) is 92.3 Å². The number of aromatic nitrogens is 3. The molecule has 29 heavy (non-hydrogen) atoms. The van der Waals surface area contributed by atoms with Crippen LogP contribution in [0.15, 0.2) is 60.9 Å². The predicted octanol–water partition coefficient (Wildman–Crippen LogP) is 4.13. The van der Waals surface area contributed by atoms with E-state index in [2.05, 4.69) is 25.6 Å². The third-order valence-electron chi connectivity index (χ3n) is 4.68. The van der Waals surface area contributed by atoms with Gasteiger partial charge in [-0.15, -0.1) is 0 Å². The molecule has 0 spiro atoms. The molecule has 0 saturated carbocycles. The summed E-state index contributed by atoms with van der Waals surface area (Å²) in [5, 5.41) is 6.62. The van der Waals surface area contributed by atoms with Crippen LogP contribution in [-0.2, 0) is 4.74 Å². The standard InChI is InChI=1S/C21H22N6O2/c1-14-12-29-21(28)27(14)20-23-13-22-19(26-20)24-15(2)16-8-10-18(11-9-16)25-17-6-4-3-5-7-17/h3-11,13-15,25H,12H2,1-2H3,(H,22,23,24,26)/t14-,15-/m0/s1. The van der Waals surface area contributed by atoms with Gasteiger partial charge >= 0.3 is 6.09 Å². The normalized spacial score (nSPS) is 17.0. The second kappa shape index (κ2) is 8.14. The molecule has 1 amide bonds. The molecule has 1 aliphatic heterocycles. The Bertz CT molecular complexity index is 980. The van der Waals surface area contributed by atoms with Crippen LogP contribution in [0.1, 0.15) is 25.5 Å². The number of hydrogen-bond acceptors (Lipinski definition) is 7. The first-order chi connectivity index (χ1) is 14.1. The summed E-state index contributed by atoms with van der Waals surface area (Å²) in [6.07, 6.45) is 0.951. The Labute approximate surface area is 169 Å². The minimum absolute atomic E-state index is 0.0287. The Morgan fingerprint density at radius 3 is 2.48 bits per heavy atom. The van der Waals surface area contributed by atoms with Gasteiger partial charge < -0.3 is 15.4 Å². The zero-order valence-electron chi connectivity index (χ0n) is 16.2. The number of para-hydroxylation sites is 1. The van der Waals surface area contributed by atoms with E-state index in [0.717, 1.165) is 16.9 Å². The average Bonchev–Trinajstić information content (AvgIpc) is 3.07. The van der Waals surface area contributed by atoms with Gasteiger partial charge in [-0.2, -0.15) is 4.98 Å². The van der Waals surface area contributed by atoms with Crippen LogP contribution in [0.3, 0.4) is 0 Å². The molecule has 2 atom stereocenters. The molecule has 0 aliphatic carbocycles. The Morgan fingerprint density at radius 2 is 1.79 bits per heavy atom. The van der Waals surface area contributed by atoms with Crippen molar-refractivity contribution in [3.05, 3.63) is 66.5 Å². The number of benzene rings is 2. The Balaban J connectivity index is 1.43. The van der Waals surface area contributed by atoms with E-state index >= 15 is 0 Å². The van der Waals surface area contributed by atoms with Crippen LogP contribution in [0.2, 0.25) is 0 Å². The number of ether oxygens (including phenoxy) is 1. The first kappa shape index (κ1) is 18.7. The molecule has 8 nitrogen and oxygen atoms in total. The van der Waals surface area contributed by atoms with Gasteiger partial charge in [0.25, 0.3) is 0 Å². The molecule has 1 saturated heterocycles. The lowest BCUT2D eigenvalue weighted by atomic mass is 10.1. The zero-order chi connectivity index (χ0) is 20.2. The Hall–Kier alpha value is -3.68. The summed E-state index contributed by atoms with van der Waals surface area (Å²) in [4.78, 5) is 26.0. The van der Waals surface area contributed by atoms with E-state index in [9.17, 15) is 4.79 Å². The highest BCUT2D eigenvalue weighted by atomic mass is 16.6. The van der Waals surface area contributed by atoms with Crippen LogP contribution in [0.25, 0.3) is 0 Å². The highest BCUT2D eigenvalue weighted by Gasteiger charge is 2.33. The number of nitrogens with one attached hydrogen (secondary N) is 2. The van der Waals surface area contributed by atoms with E-state index in [1.807, 2.05) is 68.4 Å². The van der Waals surface area contributed by atoms with Crippen molar-refractivity contribution < 1.29 is 9.53 Å². The highest BCUT2D eigenvalue weighted by molar-refractivity contribution is 5.88. The molecular weight excluding hydrogens is 368 g/mol. The first-order valence-electron chi connectivity index (χ1n) is 9.44. The second-order valence-corrected chi connectivity index (χ2v) is 6.88. The second-order valence-electron chi connectivity index (χ2n) is 6.88. The van der Waals surface area contributed by atoms with Crippen molar-refractivity contribution in [2.24, 2.45) is 0 Å². The molecule has 8 heteroatoms. The molecule has 3 aromatic rings. The minimum atomic E-state index is -0.441. The largest absolute Gasteiger partial charge is 0.447 e. The summed E-state index contributed by atoms with van der Waals surface area (Å²) in [5.74, 6) is 0.688. The summed E-state index contributed by atoms with van der Waals surface area (Å²) < 4.78 is 5.04. The van der Waals surface area contributed by atoms with Gasteiger partial charge in [0.2, 0.25) is 11.9 Å². The van der Waals surface area contributed by atoms with Crippen molar-refractivity contribution in [1.29, 1.82) is 0 Å². The van der Waals surface area contributed by atoms with Crippen LogP contribution < -0.4 is 15.5 Å². The molecule has 4 rings (SSSR count). The zero-order valence-corrected chi connectivity index (χ0v) is 16.2. The fraction of sp³-hybridized carbons (Fsp3) is 0.238. The maximum atomic E-state index is 11.9. The smallest absolute Gasteiger partial charge is 0.417 e. The number of nitrogens with zero attached hydrogens (tertiary/aromatic N) is 4. The van der Waals surface area contributed by atoms with Crippen LogP contribution in [0, 0.1) is 0 Å². The number of amides is 1. The third-order valence-corrected chi connectivity index (χ3v) is 4.68. The van der Waals surface area contributed by atoms with Crippen molar-refractivity contribution in [2.75, 3.05) is 22.1 Å². The number of cyclic esters (lactones) is 1. The number of carbonyl (C=O) groups is 1. The van der Waals surface area contributed by atoms with E-state index in [1.165, 1.54) is 11.2 Å². The van der Waals surface area contributed by atoms with Crippen molar-refractivity contribution in [2.45, 2.75) is 25.9 Å². The maximum Gasteiger partial charge on any atom is 0.417 e. The van der Waals surface area contributed by atoms with Gasteiger partial charge in [-0.1, -0.05) is 30.3 Å². The van der Waals surface area contributed by atoms with Gasteiger partial charge in [-0.05, 0) is 43.7 Å². The molecule has 148 valence electrons. The number of hydrogen-bond donors (Lipinski definition) is 2. The van der Waals surface area contributed by atoms with Gasteiger partial charge in [0.15, 0.2) is 0 Å². The maximum absolute atomic E-state index is 11.9. The molecule has 1 aliphatic rings. The Morgan fingerprint density at radius 1 is 1.07 bits per heavy atom. The van der Waals surface area contributed by atoms with Gasteiger partial charge in [-0.25, -0.2) is 19.7 Å². The first-order valence-corrected chi connectivity index (χ1v) is 9.44. The van der Waals surface area contributed by atoms with E-state index in [1.54, 1.807) is 0 Å². The van der Waals surface area contributed by atoms with Crippen molar-refractivity contribution in [3.63, 3.8) is 0 Å². The van der Waals surface area contributed by atoms with Crippen LogP contribution >= 0.6 is 0 Å². The number of carbonyl (C=O) groups excluding carboxylic acids is 1. The van der Waals surface area contributed by atoms with Crippen molar-refractivity contribution in [3.8, 4) is 0 Å². The van der Waals surface area contributed by atoms with Gasteiger partial charge in [0.1, 0.15) is 12.9 Å². The van der Waals surface area contributed by atoms with Crippen LogP contribution in [0.5, 0.6) is 0 Å². The minimum Gasteiger partial charge on any atom is -0.447 e. The van der Waals surface area contributed by atoms with E-state index in [4.69, 9.17) is 4.74 Å². The SMILES string of the molecule is C[C@H](Nc1ncnc(N2C(=O)OC[C@@H]2C)n1)c1ccc(Nc2ccccc2)cc1. The van der Waals surface area contributed by atoms with E-state index in [0.29, 0.717) is 12.6 Å². The lowest BCUT2D eigenvalue weighted by Gasteiger charge is -2.18. The number of rotatable bonds is 6. The summed E-state index contributed by atoms with van der Waals surface area (Å²) >= 11 is 0. The fourth-order valence-electron chi connectivity index (χ4n) is 3.09. The monoisotopic (exact) mass is 390 g/mol. The average molecular weight is 390 g/mol. The molecule has 1 fully saturated rings. The summed E-state index contributed by atoms with van der Waals surface area (Å²) in [6, 6.07) is 18.0. The summed E-state index contributed by atoms with van der Waals surface area (Å²) in [6.45, 7) is 4.23. The summed E-state index contributed by atoms with van der Waals surface area (Å²) in [5.41, 5.74) is 3.13.